The molecule has 1 amide bonds. The molecule has 2 N–H and O–H groups in total. The van der Waals surface area contributed by atoms with Crippen LogP contribution >= 0.6 is 0 Å². The van der Waals surface area contributed by atoms with Gasteiger partial charge in [0.15, 0.2) is 5.76 Å². The lowest BCUT2D eigenvalue weighted by molar-refractivity contribution is -0.385. The number of anilines is 1. The molecule has 3 aromatic heterocycles. The lowest BCUT2D eigenvalue weighted by Crippen LogP contribution is -2.19. The smallest absolute Gasteiger partial charge is 0.282 e. The maximum absolute atomic E-state index is 13.0. The van der Waals surface area contributed by atoms with E-state index in [1.807, 2.05) is 18.2 Å². The first kappa shape index (κ1) is 21.5. The van der Waals surface area contributed by atoms with Crippen LogP contribution in [0.15, 0.2) is 94.3 Å². The van der Waals surface area contributed by atoms with Gasteiger partial charge in [-0.25, -0.2) is 4.98 Å². The minimum absolute atomic E-state index is 0.0343. The van der Waals surface area contributed by atoms with Gasteiger partial charge < -0.3 is 9.73 Å². The Kier molecular flexibility index (Phi) is 5.47. The molecule has 0 aliphatic rings. The van der Waals surface area contributed by atoms with Crippen molar-refractivity contribution in [3.05, 3.63) is 111 Å². The predicted octanol–water partition coefficient (Wildman–Crippen LogP) is 4.04. The number of nitrogens with one attached hydrogen (secondary N) is 2. The molecule has 11 nitrogen and oxygen atoms in total. The van der Waals surface area contributed by atoms with Gasteiger partial charge in [-0.15, -0.1) is 0 Å². The lowest BCUT2D eigenvalue weighted by Gasteiger charge is -2.09. The zero-order valence-electron chi connectivity index (χ0n) is 17.9. The summed E-state index contributed by atoms with van der Waals surface area (Å²) >= 11 is 0. The van der Waals surface area contributed by atoms with Gasteiger partial charge in [0.1, 0.15) is 17.1 Å². The Bertz CT molecular complexity index is 1590. The molecule has 3 heterocycles. The van der Waals surface area contributed by atoms with Crippen LogP contribution in [0.4, 0.5) is 11.5 Å². The van der Waals surface area contributed by atoms with E-state index in [1.54, 1.807) is 24.3 Å². The van der Waals surface area contributed by atoms with Gasteiger partial charge in [0.25, 0.3) is 17.2 Å². The molecule has 172 valence electrons. The maximum Gasteiger partial charge on any atom is 0.282 e. The van der Waals surface area contributed by atoms with Gasteiger partial charge in [-0.2, -0.15) is 9.78 Å². The Morgan fingerprint density at radius 2 is 1.77 bits per heavy atom. The van der Waals surface area contributed by atoms with Crippen LogP contribution in [0.2, 0.25) is 0 Å². The molecule has 0 atom stereocenters. The summed E-state index contributed by atoms with van der Waals surface area (Å²) in [5.41, 5.74) is 0.545. The lowest BCUT2D eigenvalue weighted by atomic mass is 10.1. The van der Waals surface area contributed by atoms with Crippen molar-refractivity contribution in [2.45, 2.75) is 0 Å². The van der Waals surface area contributed by atoms with E-state index in [0.717, 1.165) is 0 Å². The number of nitro groups is 1. The second-order valence-corrected chi connectivity index (χ2v) is 7.35. The van der Waals surface area contributed by atoms with Crippen LogP contribution in [-0.2, 0) is 0 Å². The molecule has 35 heavy (non-hydrogen) atoms. The third-order valence-corrected chi connectivity index (χ3v) is 5.07. The molecule has 5 aromatic rings. The molecule has 0 fully saturated rings. The first-order valence-electron chi connectivity index (χ1n) is 10.4. The molecule has 0 aliphatic heterocycles. The predicted molar refractivity (Wildman–Crippen MR) is 126 cm³/mol. The highest BCUT2D eigenvalue weighted by atomic mass is 16.6. The van der Waals surface area contributed by atoms with Crippen molar-refractivity contribution in [1.29, 1.82) is 0 Å². The van der Waals surface area contributed by atoms with E-state index in [2.05, 4.69) is 20.4 Å². The minimum Gasteiger partial charge on any atom is -0.463 e. The number of aromatic amines is 1. The van der Waals surface area contributed by atoms with Crippen LogP contribution in [0, 0.1) is 10.1 Å². The number of aromatic nitrogens is 4. The summed E-state index contributed by atoms with van der Waals surface area (Å²) in [5, 5.41) is 18.5. The van der Waals surface area contributed by atoms with E-state index < -0.39 is 16.4 Å². The van der Waals surface area contributed by atoms with Gasteiger partial charge in [0.05, 0.1) is 16.9 Å². The van der Waals surface area contributed by atoms with Crippen molar-refractivity contribution < 1.29 is 14.1 Å². The number of hydrogen-bond donors (Lipinski definition) is 2. The summed E-state index contributed by atoms with van der Waals surface area (Å²) < 4.78 is 6.65. The van der Waals surface area contributed by atoms with E-state index in [-0.39, 0.29) is 23.0 Å². The molecule has 0 spiro atoms. The average molecular weight is 468 g/mol. The highest BCUT2D eigenvalue weighted by Crippen LogP contribution is 2.26. The maximum atomic E-state index is 13.0. The second kappa shape index (κ2) is 8.90. The van der Waals surface area contributed by atoms with E-state index >= 15 is 0 Å². The van der Waals surface area contributed by atoms with Crippen LogP contribution in [-0.4, -0.2) is 30.6 Å². The first-order chi connectivity index (χ1) is 17.0. The average Bonchev–Trinajstić information content (AvgIpc) is 3.54. The third kappa shape index (κ3) is 4.33. The van der Waals surface area contributed by atoms with Crippen molar-refractivity contribution in [2.75, 3.05) is 5.32 Å². The number of nitro benzene ring substituents is 1. The number of amides is 1. The van der Waals surface area contributed by atoms with Crippen LogP contribution in [0.1, 0.15) is 10.4 Å². The number of carbonyl (C=O) groups is 1. The van der Waals surface area contributed by atoms with Crippen molar-refractivity contribution in [3.63, 3.8) is 0 Å². The fourth-order valence-electron chi connectivity index (χ4n) is 3.49. The normalized spacial score (nSPS) is 10.7. The molecule has 0 bridgehead atoms. The Labute approximate surface area is 196 Å². The topological polar surface area (TPSA) is 149 Å². The fourth-order valence-corrected chi connectivity index (χ4v) is 3.49. The number of hydrogen-bond acceptors (Lipinski definition) is 7. The van der Waals surface area contributed by atoms with Gasteiger partial charge in [-0.05, 0) is 18.2 Å². The monoisotopic (exact) mass is 468 g/mol. The highest BCUT2D eigenvalue weighted by Gasteiger charge is 2.23. The summed E-state index contributed by atoms with van der Waals surface area (Å²) in [6, 6.07) is 20.9. The fraction of sp³-hybridized carbons (Fsp3) is 0. The summed E-state index contributed by atoms with van der Waals surface area (Å²) in [6.07, 6.45) is 1.47. The molecule has 2 aromatic carbocycles. The number of benzene rings is 2. The Balaban J connectivity index is 1.61. The van der Waals surface area contributed by atoms with Crippen molar-refractivity contribution in [1.82, 2.24) is 19.7 Å². The van der Waals surface area contributed by atoms with E-state index in [0.29, 0.717) is 22.7 Å². The Morgan fingerprint density at radius 3 is 2.51 bits per heavy atom. The summed E-state index contributed by atoms with van der Waals surface area (Å²) in [4.78, 5) is 43.3. The molecule has 11 heteroatoms. The van der Waals surface area contributed by atoms with Crippen LogP contribution in [0.5, 0.6) is 0 Å². The van der Waals surface area contributed by atoms with Crippen LogP contribution < -0.4 is 10.9 Å². The summed E-state index contributed by atoms with van der Waals surface area (Å²) in [5.74, 6) is -0.169. The Hall–Kier alpha value is -5.32. The summed E-state index contributed by atoms with van der Waals surface area (Å²) in [7, 11) is 0. The van der Waals surface area contributed by atoms with Crippen molar-refractivity contribution in [2.24, 2.45) is 0 Å². The molecule has 0 saturated carbocycles. The van der Waals surface area contributed by atoms with Gasteiger partial charge in [-0.3, -0.25) is 24.7 Å². The van der Waals surface area contributed by atoms with E-state index in [9.17, 15) is 19.7 Å². The minimum atomic E-state index is -0.731. The number of carbonyl (C=O) groups excluding carboxylic acids is 1. The standard InChI is InChI=1S/C24H16N6O5/c31-22-14-17(15-7-2-1-3-8-15)25-24(27-22)29-21(13-18(28-29)20-11-6-12-35-20)26-23(32)16-9-4-5-10-19(16)30(33)34/h1-14H,(H,26,32)(H,25,27,31). The second-order valence-electron chi connectivity index (χ2n) is 7.35. The van der Waals surface area contributed by atoms with Gasteiger partial charge >= 0.3 is 0 Å². The molecule has 0 saturated heterocycles. The van der Waals surface area contributed by atoms with Crippen molar-refractivity contribution in [3.8, 4) is 28.7 Å². The third-order valence-electron chi connectivity index (χ3n) is 5.07. The number of rotatable bonds is 6. The number of para-hydroxylation sites is 1. The van der Waals surface area contributed by atoms with Crippen LogP contribution in [0.25, 0.3) is 28.7 Å². The van der Waals surface area contributed by atoms with E-state index in [1.165, 1.54) is 47.3 Å². The van der Waals surface area contributed by atoms with E-state index in [4.69, 9.17) is 4.42 Å². The van der Waals surface area contributed by atoms with Crippen LogP contribution in [0.3, 0.4) is 0 Å². The molecule has 0 unspecified atom stereocenters. The van der Waals surface area contributed by atoms with Gasteiger partial charge in [-0.1, -0.05) is 42.5 Å². The summed E-state index contributed by atoms with van der Waals surface area (Å²) in [6.45, 7) is 0. The highest BCUT2D eigenvalue weighted by molar-refractivity contribution is 6.06. The van der Waals surface area contributed by atoms with Crippen molar-refractivity contribution >= 4 is 17.4 Å². The molecule has 0 radical (unpaired) electrons. The molecular formula is C24H16N6O5. The zero-order chi connectivity index (χ0) is 24.4. The number of nitrogens with zero attached hydrogens (tertiary/aromatic N) is 4. The largest absolute Gasteiger partial charge is 0.463 e. The zero-order valence-corrected chi connectivity index (χ0v) is 17.9. The quantitative estimate of drug-likeness (QED) is 0.282. The SMILES string of the molecule is O=C(Nc1cc(-c2ccco2)nn1-c1nc(-c2ccccc2)cc(=O)[nH]1)c1ccccc1[N+](=O)[O-]. The molecule has 5 rings (SSSR count). The molecular weight excluding hydrogens is 452 g/mol. The van der Waals surface area contributed by atoms with Gasteiger partial charge in [0.2, 0.25) is 5.95 Å². The Morgan fingerprint density at radius 1 is 1.00 bits per heavy atom. The molecule has 0 aliphatic carbocycles. The first-order valence-corrected chi connectivity index (χ1v) is 10.4. The number of H-pyrrole nitrogens is 1. The number of furan rings is 1. The van der Waals surface area contributed by atoms with Gasteiger partial charge in [0, 0.05) is 23.8 Å².